The Morgan fingerprint density at radius 3 is 2.68 bits per heavy atom. The number of benzene rings is 1. The first-order valence-corrected chi connectivity index (χ1v) is 7.07. The second-order valence-corrected chi connectivity index (χ2v) is 5.00. The number of ether oxygens (including phenoxy) is 2. The van der Waals surface area contributed by atoms with E-state index in [1.165, 1.54) is 0 Å². The molecule has 1 aromatic heterocycles. The van der Waals surface area contributed by atoms with Crippen molar-refractivity contribution < 1.29 is 14.3 Å². The molecule has 118 valence electrons. The van der Waals surface area contributed by atoms with Crippen LogP contribution in [0, 0.1) is 0 Å². The van der Waals surface area contributed by atoms with Crippen LogP contribution in [-0.4, -0.2) is 36.2 Å². The van der Waals surface area contributed by atoms with Gasteiger partial charge < -0.3 is 19.4 Å². The molecule has 0 aliphatic heterocycles. The first-order valence-electron chi connectivity index (χ1n) is 7.07. The molecule has 0 unspecified atom stereocenters. The summed E-state index contributed by atoms with van der Waals surface area (Å²) >= 11 is 0. The zero-order valence-corrected chi connectivity index (χ0v) is 13.1. The van der Waals surface area contributed by atoms with Gasteiger partial charge in [-0.15, -0.1) is 0 Å². The van der Waals surface area contributed by atoms with Crippen molar-refractivity contribution in [2.75, 3.05) is 20.8 Å². The number of rotatable bonds is 7. The lowest BCUT2D eigenvalue weighted by atomic mass is 10.1. The fourth-order valence-electron chi connectivity index (χ4n) is 2.16. The Labute approximate surface area is 130 Å². The SMILES string of the molecule is COc1ccc(CC(=O)NCCc2cn(C)cn2)cc1OC. The molecule has 1 amide bonds. The largest absolute Gasteiger partial charge is 0.493 e. The predicted molar refractivity (Wildman–Crippen MR) is 83.2 cm³/mol. The van der Waals surface area contributed by atoms with Crippen LogP contribution in [-0.2, 0) is 24.7 Å². The number of aromatic nitrogens is 2. The average molecular weight is 303 g/mol. The smallest absolute Gasteiger partial charge is 0.224 e. The fourth-order valence-corrected chi connectivity index (χ4v) is 2.16. The van der Waals surface area contributed by atoms with Gasteiger partial charge in [-0.05, 0) is 17.7 Å². The van der Waals surface area contributed by atoms with Crippen LogP contribution in [0.1, 0.15) is 11.3 Å². The van der Waals surface area contributed by atoms with Crippen LogP contribution < -0.4 is 14.8 Å². The van der Waals surface area contributed by atoms with E-state index in [9.17, 15) is 4.79 Å². The number of carbonyl (C=O) groups is 1. The van der Waals surface area contributed by atoms with E-state index in [-0.39, 0.29) is 5.91 Å². The molecule has 1 N–H and O–H groups in total. The first-order chi connectivity index (χ1) is 10.6. The van der Waals surface area contributed by atoms with E-state index in [4.69, 9.17) is 9.47 Å². The molecule has 0 radical (unpaired) electrons. The zero-order valence-electron chi connectivity index (χ0n) is 13.1. The van der Waals surface area contributed by atoms with Crippen molar-refractivity contribution in [3.8, 4) is 11.5 Å². The van der Waals surface area contributed by atoms with Gasteiger partial charge in [-0.2, -0.15) is 0 Å². The van der Waals surface area contributed by atoms with Crippen LogP contribution in [0.5, 0.6) is 11.5 Å². The van der Waals surface area contributed by atoms with Gasteiger partial charge >= 0.3 is 0 Å². The Hall–Kier alpha value is -2.50. The number of imidazole rings is 1. The maximum Gasteiger partial charge on any atom is 0.224 e. The van der Waals surface area contributed by atoms with Gasteiger partial charge in [-0.25, -0.2) is 4.98 Å². The van der Waals surface area contributed by atoms with Gasteiger partial charge in [0.15, 0.2) is 11.5 Å². The molecule has 22 heavy (non-hydrogen) atoms. The molecular weight excluding hydrogens is 282 g/mol. The molecule has 0 aliphatic rings. The Morgan fingerprint density at radius 1 is 1.27 bits per heavy atom. The number of hydrogen-bond acceptors (Lipinski definition) is 4. The number of nitrogens with zero attached hydrogens (tertiary/aromatic N) is 2. The highest BCUT2D eigenvalue weighted by Gasteiger charge is 2.08. The molecule has 6 nitrogen and oxygen atoms in total. The minimum Gasteiger partial charge on any atom is -0.493 e. The molecule has 2 aromatic rings. The summed E-state index contributed by atoms with van der Waals surface area (Å²) in [6, 6.07) is 5.48. The number of amides is 1. The van der Waals surface area contributed by atoms with Crippen LogP contribution in [0.25, 0.3) is 0 Å². The van der Waals surface area contributed by atoms with Gasteiger partial charge in [0, 0.05) is 26.2 Å². The maximum atomic E-state index is 12.0. The quantitative estimate of drug-likeness (QED) is 0.838. The monoisotopic (exact) mass is 303 g/mol. The van der Waals surface area contributed by atoms with Gasteiger partial charge in [0.25, 0.3) is 0 Å². The summed E-state index contributed by atoms with van der Waals surface area (Å²) in [5.74, 6) is 1.26. The average Bonchev–Trinajstić information content (AvgIpc) is 2.92. The van der Waals surface area contributed by atoms with Gasteiger partial charge in [-0.1, -0.05) is 6.07 Å². The number of hydrogen-bond donors (Lipinski definition) is 1. The summed E-state index contributed by atoms with van der Waals surface area (Å²) in [6.45, 7) is 0.573. The summed E-state index contributed by atoms with van der Waals surface area (Å²) in [5, 5.41) is 2.89. The van der Waals surface area contributed by atoms with Crippen molar-refractivity contribution in [3.05, 3.63) is 42.0 Å². The third-order valence-corrected chi connectivity index (χ3v) is 3.27. The summed E-state index contributed by atoms with van der Waals surface area (Å²) < 4.78 is 12.3. The number of carbonyl (C=O) groups excluding carboxylic acids is 1. The highest BCUT2D eigenvalue weighted by Crippen LogP contribution is 2.27. The van der Waals surface area contributed by atoms with Crippen LogP contribution in [0.4, 0.5) is 0 Å². The van der Waals surface area contributed by atoms with Crippen LogP contribution in [0.2, 0.25) is 0 Å². The minimum atomic E-state index is -0.0249. The van der Waals surface area contributed by atoms with Crippen LogP contribution >= 0.6 is 0 Å². The van der Waals surface area contributed by atoms with E-state index in [0.717, 1.165) is 17.7 Å². The Kier molecular flexibility index (Phi) is 5.41. The van der Waals surface area contributed by atoms with Gasteiger partial charge in [-0.3, -0.25) is 4.79 Å². The summed E-state index contributed by atoms with van der Waals surface area (Å²) in [6.07, 6.45) is 4.72. The topological polar surface area (TPSA) is 65.4 Å². The zero-order chi connectivity index (χ0) is 15.9. The minimum absolute atomic E-state index is 0.0249. The number of aryl methyl sites for hydroxylation is 1. The maximum absolute atomic E-state index is 12.0. The molecule has 0 spiro atoms. The van der Waals surface area contributed by atoms with Gasteiger partial charge in [0.1, 0.15) is 0 Å². The van der Waals surface area contributed by atoms with Gasteiger partial charge in [0.05, 0.1) is 32.7 Å². The third kappa shape index (κ3) is 4.25. The molecular formula is C16H21N3O3. The van der Waals surface area contributed by atoms with Crippen molar-refractivity contribution in [3.63, 3.8) is 0 Å². The lowest BCUT2D eigenvalue weighted by Gasteiger charge is -2.09. The highest BCUT2D eigenvalue weighted by atomic mass is 16.5. The molecule has 2 rings (SSSR count). The Morgan fingerprint density at radius 2 is 2.05 bits per heavy atom. The van der Waals surface area contributed by atoms with Gasteiger partial charge in [0.2, 0.25) is 5.91 Å². The van der Waals surface area contributed by atoms with E-state index in [1.807, 2.05) is 29.9 Å². The van der Waals surface area contributed by atoms with E-state index in [0.29, 0.717) is 24.5 Å². The molecule has 0 aliphatic carbocycles. The second kappa shape index (κ2) is 7.49. The summed E-state index contributed by atoms with van der Waals surface area (Å²) in [7, 11) is 5.09. The summed E-state index contributed by atoms with van der Waals surface area (Å²) in [4.78, 5) is 16.2. The molecule has 0 fully saturated rings. The number of methoxy groups -OCH3 is 2. The third-order valence-electron chi connectivity index (χ3n) is 3.27. The molecule has 0 saturated heterocycles. The van der Waals surface area contributed by atoms with E-state index >= 15 is 0 Å². The van der Waals surface area contributed by atoms with E-state index < -0.39 is 0 Å². The van der Waals surface area contributed by atoms with E-state index in [1.54, 1.807) is 26.6 Å². The molecule has 6 heteroatoms. The van der Waals surface area contributed by atoms with Crippen LogP contribution in [0.15, 0.2) is 30.7 Å². The normalized spacial score (nSPS) is 10.3. The Balaban J connectivity index is 1.84. The first kappa shape index (κ1) is 15.9. The molecule has 0 saturated carbocycles. The Bertz CT molecular complexity index is 637. The molecule has 0 atom stereocenters. The highest BCUT2D eigenvalue weighted by molar-refractivity contribution is 5.78. The van der Waals surface area contributed by atoms with Crippen molar-refractivity contribution in [2.24, 2.45) is 7.05 Å². The molecule has 1 aromatic carbocycles. The molecule has 0 bridgehead atoms. The summed E-state index contributed by atoms with van der Waals surface area (Å²) in [5.41, 5.74) is 1.85. The van der Waals surface area contributed by atoms with Crippen molar-refractivity contribution in [1.29, 1.82) is 0 Å². The predicted octanol–water partition coefficient (Wildman–Crippen LogP) is 1.34. The van der Waals surface area contributed by atoms with Crippen LogP contribution in [0.3, 0.4) is 0 Å². The fraction of sp³-hybridized carbons (Fsp3) is 0.375. The van der Waals surface area contributed by atoms with E-state index in [2.05, 4.69) is 10.3 Å². The van der Waals surface area contributed by atoms with Crippen molar-refractivity contribution in [1.82, 2.24) is 14.9 Å². The number of nitrogens with one attached hydrogen (secondary N) is 1. The molecule has 1 heterocycles. The van der Waals surface area contributed by atoms with Crippen molar-refractivity contribution in [2.45, 2.75) is 12.8 Å². The standard InChI is InChI=1S/C16H21N3O3/c1-19-10-13(18-11-19)6-7-17-16(20)9-12-4-5-14(21-2)15(8-12)22-3/h4-5,8,10-11H,6-7,9H2,1-3H3,(H,17,20). The van der Waals surface area contributed by atoms with Crippen molar-refractivity contribution >= 4 is 5.91 Å². The lowest BCUT2D eigenvalue weighted by Crippen LogP contribution is -2.27. The second-order valence-electron chi connectivity index (χ2n) is 5.00. The lowest BCUT2D eigenvalue weighted by molar-refractivity contribution is -0.120.